The highest BCUT2D eigenvalue weighted by Gasteiger charge is 2.07. The van der Waals surface area contributed by atoms with Crippen LogP contribution >= 0.6 is 15.9 Å². The lowest BCUT2D eigenvalue weighted by Crippen LogP contribution is -2.16. The number of nitrogens with zero attached hydrogens (tertiary/aromatic N) is 2. The zero-order valence-electron chi connectivity index (χ0n) is 13.0. The van der Waals surface area contributed by atoms with Gasteiger partial charge in [-0.2, -0.15) is 5.10 Å². The van der Waals surface area contributed by atoms with Gasteiger partial charge in [-0.1, -0.05) is 34.1 Å². The van der Waals surface area contributed by atoms with Crippen LogP contribution in [0.2, 0.25) is 0 Å². The molecule has 0 unspecified atom stereocenters. The highest BCUT2D eigenvalue weighted by atomic mass is 79.9. The van der Waals surface area contributed by atoms with Gasteiger partial charge in [0, 0.05) is 28.8 Å². The Balaban J connectivity index is 1.91. The Morgan fingerprint density at radius 1 is 1.16 bits per heavy atom. The van der Waals surface area contributed by atoms with Crippen LogP contribution in [0.3, 0.4) is 0 Å². The fraction of sp³-hybridized carbons (Fsp3) is 0.0556. The zero-order valence-corrected chi connectivity index (χ0v) is 14.6. The molecule has 1 heterocycles. The van der Waals surface area contributed by atoms with E-state index in [0.717, 1.165) is 15.7 Å². The summed E-state index contributed by atoms with van der Waals surface area (Å²) in [5.41, 5.74) is 2.30. The van der Waals surface area contributed by atoms with E-state index in [1.807, 2.05) is 30.3 Å². The van der Waals surface area contributed by atoms with Gasteiger partial charge in [-0.15, -0.1) is 0 Å². The van der Waals surface area contributed by atoms with Crippen molar-refractivity contribution in [1.82, 2.24) is 9.78 Å². The van der Waals surface area contributed by atoms with Crippen LogP contribution in [-0.4, -0.2) is 21.0 Å². The molecule has 126 valence electrons. The van der Waals surface area contributed by atoms with Gasteiger partial charge >= 0.3 is 6.09 Å². The van der Waals surface area contributed by atoms with Gasteiger partial charge in [-0.3, -0.25) is 10.1 Å². The average molecular weight is 400 g/mol. The van der Waals surface area contributed by atoms with E-state index >= 15 is 0 Å². The Morgan fingerprint density at radius 2 is 1.96 bits per heavy atom. The molecule has 0 aliphatic rings. The van der Waals surface area contributed by atoms with Crippen LogP contribution in [0.25, 0.3) is 5.69 Å². The monoisotopic (exact) mass is 399 g/mol. The molecule has 25 heavy (non-hydrogen) atoms. The van der Waals surface area contributed by atoms with Crippen molar-refractivity contribution >= 4 is 27.7 Å². The smallest absolute Gasteiger partial charge is 0.409 e. The lowest BCUT2D eigenvalue weighted by atomic mass is 10.1. The van der Waals surface area contributed by atoms with Crippen LogP contribution in [0.4, 0.5) is 10.5 Å². The summed E-state index contributed by atoms with van der Waals surface area (Å²) >= 11 is 3.42. The molecule has 7 heteroatoms. The van der Waals surface area contributed by atoms with Crippen molar-refractivity contribution in [1.29, 1.82) is 0 Å². The van der Waals surface area contributed by atoms with Crippen LogP contribution in [0.15, 0.2) is 70.1 Å². The molecule has 0 bridgehead atoms. The third kappa shape index (κ3) is 4.33. The van der Waals surface area contributed by atoms with Crippen LogP contribution in [0, 0.1) is 0 Å². The number of anilines is 1. The van der Waals surface area contributed by atoms with Crippen LogP contribution in [0.5, 0.6) is 0 Å². The summed E-state index contributed by atoms with van der Waals surface area (Å²) in [7, 11) is 0. The van der Waals surface area contributed by atoms with Gasteiger partial charge in [0.1, 0.15) is 5.69 Å². The number of rotatable bonds is 4. The quantitative estimate of drug-likeness (QED) is 0.700. The number of amides is 1. The molecule has 0 spiro atoms. The molecule has 0 radical (unpaired) electrons. The van der Waals surface area contributed by atoms with E-state index in [4.69, 9.17) is 5.11 Å². The molecule has 0 aliphatic carbocycles. The maximum atomic E-state index is 12.1. The van der Waals surface area contributed by atoms with Crippen molar-refractivity contribution in [2.75, 3.05) is 5.32 Å². The number of hydrogen-bond acceptors (Lipinski definition) is 3. The first-order valence-corrected chi connectivity index (χ1v) is 8.24. The third-order valence-corrected chi connectivity index (χ3v) is 4.00. The number of benzene rings is 2. The maximum absolute atomic E-state index is 12.1. The SMILES string of the molecule is O=C(O)Nc1cccc(Cc2nn(-c3cccc(Br)c3)ccc2=O)c1. The van der Waals surface area contributed by atoms with Crippen LogP contribution < -0.4 is 10.7 Å². The minimum Gasteiger partial charge on any atom is -0.465 e. The van der Waals surface area contributed by atoms with Crippen LogP contribution in [-0.2, 0) is 6.42 Å². The van der Waals surface area contributed by atoms with Crippen molar-refractivity contribution < 1.29 is 9.90 Å². The molecule has 6 nitrogen and oxygen atoms in total. The molecule has 3 aromatic rings. The van der Waals surface area contributed by atoms with Crippen molar-refractivity contribution in [3.63, 3.8) is 0 Å². The van der Waals surface area contributed by atoms with E-state index in [2.05, 4.69) is 26.3 Å². The molecular weight excluding hydrogens is 386 g/mol. The third-order valence-electron chi connectivity index (χ3n) is 3.50. The average Bonchev–Trinajstić information content (AvgIpc) is 2.56. The van der Waals surface area contributed by atoms with Crippen molar-refractivity contribution in [2.45, 2.75) is 6.42 Å². The van der Waals surface area contributed by atoms with Crippen molar-refractivity contribution in [3.05, 3.63) is 86.7 Å². The standard InChI is InChI=1S/C18H14BrN3O3/c19-13-4-2-6-15(11-13)22-8-7-17(23)16(21-22)10-12-3-1-5-14(9-12)20-18(24)25/h1-9,11,20H,10H2,(H,24,25). The Bertz CT molecular complexity index is 985. The van der Waals surface area contributed by atoms with Gasteiger partial charge in [0.25, 0.3) is 0 Å². The first-order chi connectivity index (χ1) is 12.0. The fourth-order valence-corrected chi connectivity index (χ4v) is 2.80. The Morgan fingerprint density at radius 3 is 2.72 bits per heavy atom. The largest absolute Gasteiger partial charge is 0.465 e. The maximum Gasteiger partial charge on any atom is 0.409 e. The first-order valence-electron chi connectivity index (χ1n) is 7.45. The number of halogens is 1. The second-order valence-electron chi connectivity index (χ2n) is 5.36. The second-order valence-corrected chi connectivity index (χ2v) is 6.27. The topological polar surface area (TPSA) is 84.2 Å². The van der Waals surface area contributed by atoms with E-state index in [0.29, 0.717) is 17.8 Å². The van der Waals surface area contributed by atoms with Crippen LogP contribution in [0.1, 0.15) is 11.3 Å². The Labute approximate surface area is 151 Å². The van der Waals surface area contributed by atoms with Gasteiger partial charge < -0.3 is 5.11 Å². The summed E-state index contributed by atoms with van der Waals surface area (Å²) in [6.45, 7) is 0. The normalized spacial score (nSPS) is 10.4. The second kappa shape index (κ2) is 7.31. The summed E-state index contributed by atoms with van der Waals surface area (Å²) in [4.78, 5) is 22.9. The fourth-order valence-electron chi connectivity index (χ4n) is 2.41. The van der Waals surface area contributed by atoms with Gasteiger partial charge in [-0.25, -0.2) is 9.48 Å². The lowest BCUT2D eigenvalue weighted by Gasteiger charge is -2.09. The molecule has 0 fully saturated rings. The lowest BCUT2D eigenvalue weighted by molar-refractivity contribution is 0.210. The molecule has 1 amide bonds. The summed E-state index contributed by atoms with van der Waals surface area (Å²) in [6, 6.07) is 16.0. The number of nitrogens with one attached hydrogen (secondary N) is 1. The summed E-state index contributed by atoms with van der Waals surface area (Å²) < 4.78 is 2.56. The highest BCUT2D eigenvalue weighted by Crippen LogP contribution is 2.15. The highest BCUT2D eigenvalue weighted by molar-refractivity contribution is 9.10. The minimum atomic E-state index is -1.13. The van der Waals surface area contributed by atoms with Gasteiger partial charge in [0.2, 0.25) is 5.43 Å². The van der Waals surface area contributed by atoms with E-state index in [9.17, 15) is 9.59 Å². The molecule has 2 N–H and O–H groups in total. The van der Waals surface area contributed by atoms with E-state index < -0.39 is 6.09 Å². The summed E-state index contributed by atoms with van der Waals surface area (Å²) in [5, 5.41) is 15.5. The van der Waals surface area contributed by atoms with Crippen molar-refractivity contribution in [2.24, 2.45) is 0 Å². The predicted molar refractivity (Wildman–Crippen MR) is 98.4 cm³/mol. The van der Waals surface area contributed by atoms with Gasteiger partial charge in [0.05, 0.1) is 5.69 Å². The molecule has 1 aromatic heterocycles. The zero-order chi connectivity index (χ0) is 17.8. The van der Waals surface area contributed by atoms with Gasteiger partial charge in [0.15, 0.2) is 0 Å². The predicted octanol–water partition coefficient (Wildman–Crippen LogP) is 3.68. The molecular formula is C18H14BrN3O3. The minimum absolute atomic E-state index is 0.164. The molecule has 2 aromatic carbocycles. The Hall–Kier alpha value is -2.93. The van der Waals surface area contributed by atoms with Crippen molar-refractivity contribution in [3.8, 4) is 5.69 Å². The van der Waals surface area contributed by atoms with E-state index in [1.54, 1.807) is 29.1 Å². The number of hydrogen-bond donors (Lipinski definition) is 2. The summed E-state index contributed by atoms with van der Waals surface area (Å²) in [5.74, 6) is 0. The Kier molecular flexibility index (Phi) is 4.95. The molecule has 0 atom stereocenters. The number of carbonyl (C=O) groups is 1. The first kappa shape index (κ1) is 16.9. The molecule has 0 saturated heterocycles. The van der Waals surface area contributed by atoms with Gasteiger partial charge in [-0.05, 0) is 35.9 Å². The number of aromatic nitrogens is 2. The molecule has 0 saturated carbocycles. The summed E-state index contributed by atoms with van der Waals surface area (Å²) in [6.07, 6.45) is 0.797. The van der Waals surface area contributed by atoms with E-state index in [1.165, 1.54) is 6.07 Å². The number of carboxylic acid groups (broad SMARTS) is 1. The molecule has 3 rings (SSSR count). The molecule has 0 aliphatic heterocycles. The van der Waals surface area contributed by atoms with E-state index in [-0.39, 0.29) is 5.43 Å².